The molecule has 0 aliphatic rings. The minimum absolute atomic E-state index is 0.973. The number of allylic oxidation sites excluding steroid dienone is 5. The van der Waals surface area contributed by atoms with Crippen molar-refractivity contribution in [3.63, 3.8) is 0 Å². The van der Waals surface area contributed by atoms with Crippen molar-refractivity contribution in [1.82, 2.24) is 0 Å². The van der Waals surface area contributed by atoms with E-state index in [4.69, 9.17) is 0 Å². The van der Waals surface area contributed by atoms with Gasteiger partial charge in [-0.25, -0.2) is 0 Å². The Bertz CT molecular complexity index is 149. The molecule has 0 unspecified atom stereocenters. The van der Waals surface area contributed by atoms with Gasteiger partial charge in [-0.15, -0.1) is 6.58 Å². The first-order valence-corrected chi connectivity index (χ1v) is 5.31. The Hall–Kier alpha value is -0.780. The molecule has 0 spiro atoms. The molecule has 76 valence electrons. The molecule has 0 aliphatic carbocycles. The van der Waals surface area contributed by atoms with Crippen molar-refractivity contribution in [2.24, 2.45) is 0 Å². The van der Waals surface area contributed by atoms with E-state index in [1.54, 1.807) is 0 Å². The smallest absolute Gasteiger partial charge is 0.0169 e. The molecule has 0 aromatic carbocycles. The summed E-state index contributed by atoms with van der Waals surface area (Å²) in [6, 6.07) is 0. The summed E-state index contributed by atoms with van der Waals surface area (Å²) < 4.78 is 0. The average molecular weight is 180 g/mol. The van der Waals surface area contributed by atoms with E-state index in [1.165, 1.54) is 5.57 Å². The average Bonchev–Trinajstić information content (AvgIpc) is 2.20. The first-order valence-electron chi connectivity index (χ1n) is 5.31. The van der Waals surface area contributed by atoms with Crippen LogP contribution in [0.5, 0.6) is 0 Å². The lowest BCUT2D eigenvalue weighted by atomic mass is 10.1. The van der Waals surface area contributed by atoms with Crippen LogP contribution in [0.4, 0.5) is 0 Å². The van der Waals surface area contributed by atoms with E-state index in [9.17, 15) is 0 Å². The molecule has 0 saturated carbocycles. The lowest BCUT2D eigenvalue weighted by Gasteiger charge is -1.94. The summed E-state index contributed by atoms with van der Waals surface area (Å²) in [6.07, 6.45) is 11.7. The summed E-state index contributed by atoms with van der Waals surface area (Å²) >= 11 is 0. The van der Waals surface area contributed by atoms with Crippen LogP contribution in [-0.2, 0) is 0 Å². The highest BCUT2D eigenvalue weighted by Gasteiger charge is 1.83. The normalized spacial score (nSPS) is 10.9. The second kappa shape index (κ2) is 13.8. The zero-order valence-corrected chi connectivity index (χ0v) is 9.64. The fourth-order valence-electron chi connectivity index (χ4n) is 0.908. The van der Waals surface area contributed by atoms with Crippen LogP contribution in [0, 0.1) is 0 Å². The fourth-order valence-corrected chi connectivity index (χ4v) is 0.908. The second-order valence-electron chi connectivity index (χ2n) is 2.47. The number of hydrogen-bond donors (Lipinski definition) is 0. The van der Waals surface area contributed by atoms with Gasteiger partial charge in [-0.2, -0.15) is 0 Å². The molecular formula is C13H24. The number of hydrogen-bond acceptors (Lipinski definition) is 0. The highest BCUT2D eigenvalue weighted by atomic mass is 13.9. The quantitative estimate of drug-likeness (QED) is 0.417. The Morgan fingerprint density at radius 3 is 2.23 bits per heavy atom. The van der Waals surface area contributed by atoms with Crippen LogP contribution in [0.25, 0.3) is 0 Å². The van der Waals surface area contributed by atoms with Crippen molar-refractivity contribution in [2.75, 3.05) is 0 Å². The van der Waals surface area contributed by atoms with Crippen LogP contribution in [0.2, 0.25) is 0 Å². The predicted octanol–water partition coefficient (Wildman–Crippen LogP) is 4.89. The summed E-state index contributed by atoms with van der Waals surface area (Å²) in [5.74, 6) is 0. The zero-order valence-electron chi connectivity index (χ0n) is 9.64. The molecule has 0 nitrogen and oxygen atoms in total. The van der Waals surface area contributed by atoms with Gasteiger partial charge in [0.25, 0.3) is 0 Å². The molecule has 0 bridgehead atoms. The largest absolute Gasteiger partial charge is 0.103 e. The van der Waals surface area contributed by atoms with E-state index in [0.717, 1.165) is 19.3 Å². The van der Waals surface area contributed by atoms with Crippen LogP contribution in [0.1, 0.15) is 47.0 Å². The monoisotopic (exact) mass is 180 g/mol. The van der Waals surface area contributed by atoms with Crippen LogP contribution < -0.4 is 0 Å². The molecule has 0 aromatic rings. The minimum atomic E-state index is 0.973. The molecule has 13 heavy (non-hydrogen) atoms. The van der Waals surface area contributed by atoms with E-state index >= 15 is 0 Å². The van der Waals surface area contributed by atoms with Gasteiger partial charge in [0.05, 0.1) is 0 Å². The molecular weight excluding hydrogens is 156 g/mol. The maximum Gasteiger partial charge on any atom is -0.0169 e. The Labute approximate surface area is 84.1 Å². The highest BCUT2D eigenvalue weighted by molar-refractivity contribution is 5.18. The number of rotatable bonds is 5. The van der Waals surface area contributed by atoms with Gasteiger partial charge in [-0.3, -0.25) is 0 Å². The molecule has 0 fully saturated rings. The third-order valence-electron chi connectivity index (χ3n) is 1.51. The van der Waals surface area contributed by atoms with E-state index in [1.807, 2.05) is 19.9 Å². The Morgan fingerprint density at radius 1 is 1.23 bits per heavy atom. The SMILES string of the molecule is C=CC/C=C\C(=C\CC)CC.CC. The van der Waals surface area contributed by atoms with Crippen molar-refractivity contribution in [3.8, 4) is 0 Å². The van der Waals surface area contributed by atoms with Crippen molar-refractivity contribution < 1.29 is 0 Å². The van der Waals surface area contributed by atoms with Crippen LogP contribution in [-0.4, -0.2) is 0 Å². The summed E-state index contributed by atoms with van der Waals surface area (Å²) in [6.45, 7) is 12.0. The maximum absolute atomic E-state index is 3.66. The standard InChI is InChI=1S/C11H18.C2H6/c1-4-7-8-10-11(6-3)9-5-2;1-2/h4,8-10H,1,5-7H2,2-3H3;1-2H3/b10-8-,11-9+;. The van der Waals surface area contributed by atoms with Crippen LogP contribution in [0.3, 0.4) is 0 Å². The van der Waals surface area contributed by atoms with Gasteiger partial charge in [-0.05, 0) is 19.3 Å². The molecule has 0 heteroatoms. The van der Waals surface area contributed by atoms with E-state index in [2.05, 4.69) is 38.7 Å². The Kier molecular flexibility index (Phi) is 15.6. The molecule has 0 atom stereocenters. The Morgan fingerprint density at radius 2 is 1.85 bits per heavy atom. The van der Waals surface area contributed by atoms with E-state index < -0.39 is 0 Å². The molecule has 0 heterocycles. The fraction of sp³-hybridized carbons (Fsp3) is 0.538. The zero-order chi connectivity index (χ0) is 10.5. The molecule has 0 saturated heterocycles. The van der Waals surface area contributed by atoms with Gasteiger partial charge in [-0.1, -0.05) is 57.6 Å². The second-order valence-corrected chi connectivity index (χ2v) is 2.47. The van der Waals surface area contributed by atoms with E-state index in [-0.39, 0.29) is 0 Å². The van der Waals surface area contributed by atoms with Crippen LogP contribution >= 0.6 is 0 Å². The van der Waals surface area contributed by atoms with Gasteiger partial charge in [0, 0.05) is 0 Å². The maximum atomic E-state index is 3.66. The predicted molar refractivity (Wildman–Crippen MR) is 64.0 cm³/mol. The van der Waals surface area contributed by atoms with E-state index in [0.29, 0.717) is 0 Å². The van der Waals surface area contributed by atoms with Crippen molar-refractivity contribution in [2.45, 2.75) is 47.0 Å². The third kappa shape index (κ3) is 11.2. The molecule has 0 aromatic heterocycles. The minimum Gasteiger partial charge on any atom is -0.103 e. The van der Waals surface area contributed by atoms with Gasteiger partial charge in [0.1, 0.15) is 0 Å². The topological polar surface area (TPSA) is 0 Å². The summed E-state index contributed by atoms with van der Waals surface area (Å²) in [5, 5.41) is 0. The molecule has 0 N–H and O–H groups in total. The summed E-state index contributed by atoms with van der Waals surface area (Å²) in [4.78, 5) is 0. The Balaban J connectivity index is 0. The molecule has 0 rings (SSSR count). The van der Waals surface area contributed by atoms with Gasteiger partial charge in [0.2, 0.25) is 0 Å². The first kappa shape index (κ1) is 14.7. The van der Waals surface area contributed by atoms with Crippen molar-refractivity contribution in [1.29, 1.82) is 0 Å². The highest BCUT2D eigenvalue weighted by Crippen LogP contribution is 2.04. The molecule has 0 aliphatic heterocycles. The summed E-state index contributed by atoms with van der Waals surface area (Å²) in [7, 11) is 0. The lowest BCUT2D eigenvalue weighted by molar-refractivity contribution is 1.09. The third-order valence-corrected chi connectivity index (χ3v) is 1.51. The first-order chi connectivity index (χ1) is 6.35. The van der Waals surface area contributed by atoms with Crippen molar-refractivity contribution >= 4 is 0 Å². The molecule has 0 radical (unpaired) electrons. The lowest BCUT2D eigenvalue weighted by Crippen LogP contribution is -1.73. The summed E-state index contributed by atoms with van der Waals surface area (Å²) in [5.41, 5.74) is 1.43. The van der Waals surface area contributed by atoms with Gasteiger partial charge >= 0.3 is 0 Å². The van der Waals surface area contributed by atoms with Crippen molar-refractivity contribution in [3.05, 3.63) is 36.5 Å². The van der Waals surface area contributed by atoms with Gasteiger partial charge < -0.3 is 0 Å². The van der Waals surface area contributed by atoms with Gasteiger partial charge in [0.15, 0.2) is 0 Å². The van der Waals surface area contributed by atoms with Crippen LogP contribution in [0.15, 0.2) is 36.5 Å². The molecule has 0 amide bonds.